The monoisotopic (exact) mass is 212 g/mol. The van der Waals surface area contributed by atoms with Crippen LogP contribution in [0.2, 0.25) is 0 Å². The molecule has 0 spiro atoms. The van der Waals surface area contributed by atoms with Gasteiger partial charge in [-0.2, -0.15) is 0 Å². The summed E-state index contributed by atoms with van der Waals surface area (Å²) >= 11 is 0. The summed E-state index contributed by atoms with van der Waals surface area (Å²) in [5.74, 6) is 0.925. The number of hydrogen-bond acceptors (Lipinski definition) is 1. The molecule has 15 heavy (non-hydrogen) atoms. The fraction of sp³-hybridized carbons (Fsp3) is 1.00. The average Bonchev–Trinajstić information content (AvgIpc) is 2.62. The van der Waals surface area contributed by atoms with Gasteiger partial charge in [-0.3, -0.25) is 0 Å². The molecule has 1 fully saturated rings. The van der Waals surface area contributed by atoms with Crippen molar-refractivity contribution in [3.8, 4) is 0 Å². The zero-order chi connectivity index (χ0) is 11.3. The third-order valence-corrected chi connectivity index (χ3v) is 3.61. The zero-order valence-electron chi connectivity index (χ0n) is 10.8. The molecule has 0 bridgehead atoms. The predicted molar refractivity (Wildman–Crippen MR) is 65.9 cm³/mol. The number of hydrogen-bond donors (Lipinski definition) is 1. The van der Waals surface area contributed by atoms with Gasteiger partial charge in [-0.25, -0.2) is 0 Å². The van der Waals surface area contributed by atoms with Gasteiger partial charge in [0, 0.05) is 0 Å². The van der Waals surface area contributed by atoms with Gasteiger partial charge in [0.25, 0.3) is 0 Å². The molecule has 0 aromatic heterocycles. The second-order valence-corrected chi connectivity index (χ2v) is 6.48. The van der Waals surface area contributed by atoms with Crippen LogP contribution in [-0.2, 0) is 0 Å². The van der Waals surface area contributed by atoms with E-state index >= 15 is 0 Å². The highest BCUT2D eigenvalue weighted by Crippen LogP contribution is 2.30. The molecule has 1 nitrogen and oxygen atoms in total. The number of aliphatic hydroxyl groups excluding tert-OH is 1. The van der Waals surface area contributed by atoms with Crippen LogP contribution in [0.5, 0.6) is 0 Å². The second-order valence-electron chi connectivity index (χ2n) is 6.48. The van der Waals surface area contributed by atoms with E-state index in [4.69, 9.17) is 0 Å². The Morgan fingerprint density at radius 1 is 1.13 bits per heavy atom. The Morgan fingerprint density at radius 2 is 1.73 bits per heavy atom. The summed E-state index contributed by atoms with van der Waals surface area (Å²) in [4.78, 5) is 0. The molecule has 0 radical (unpaired) electrons. The SMILES string of the molecule is CC(C)(C)CCC(O)CCC1CCCC1. The molecule has 0 aromatic carbocycles. The average molecular weight is 212 g/mol. The lowest BCUT2D eigenvalue weighted by atomic mass is 9.88. The number of rotatable bonds is 5. The highest BCUT2D eigenvalue weighted by atomic mass is 16.3. The van der Waals surface area contributed by atoms with Crippen molar-refractivity contribution >= 4 is 0 Å². The first-order chi connectivity index (χ1) is 6.97. The Balaban J connectivity index is 2.05. The van der Waals surface area contributed by atoms with Crippen molar-refractivity contribution in [2.45, 2.75) is 78.2 Å². The molecule has 0 amide bonds. The smallest absolute Gasteiger partial charge is 0.0540 e. The van der Waals surface area contributed by atoms with Crippen LogP contribution < -0.4 is 0 Å². The molecule has 1 unspecified atom stereocenters. The van der Waals surface area contributed by atoms with Crippen molar-refractivity contribution in [3.63, 3.8) is 0 Å². The summed E-state index contributed by atoms with van der Waals surface area (Å²) in [6, 6.07) is 0. The van der Waals surface area contributed by atoms with E-state index in [-0.39, 0.29) is 6.10 Å². The Hall–Kier alpha value is -0.0400. The Bertz CT molecular complexity index is 163. The Kier molecular flexibility index (Phi) is 5.11. The van der Waals surface area contributed by atoms with Gasteiger partial charge in [-0.15, -0.1) is 0 Å². The first-order valence-electron chi connectivity index (χ1n) is 6.65. The normalized spacial score (nSPS) is 20.8. The van der Waals surface area contributed by atoms with Crippen LogP contribution >= 0.6 is 0 Å². The van der Waals surface area contributed by atoms with E-state index in [1.165, 1.54) is 32.1 Å². The highest BCUT2D eigenvalue weighted by Gasteiger charge is 2.18. The lowest BCUT2D eigenvalue weighted by Gasteiger charge is -2.21. The first-order valence-corrected chi connectivity index (χ1v) is 6.65. The predicted octanol–water partition coefficient (Wildman–Crippen LogP) is 4.14. The maximum atomic E-state index is 9.87. The van der Waals surface area contributed by atoms with Crippen molar-refractivity contribution in [2.24, 2.45) is 11.3 Å². The van der Waals surface area contributed by atoms with Crippen molar-refractivity contribution in [1.29, 1.82) is 0 Å². The van der Waals surface area contributed by atoms with Crippen LogP contribution in [0.15, 0.2) is 0 Å². The summed E-state index contributed by atoms with van der Waals surface area (Å²) in [5.41, 5.74) is 0.369. The topological polar surface area (TPSA) is 20.2 Å². The molecule has 1 atom stereocenters. The Morgan fingerprint density at radius 3 is 2.27 bits per heavy atom. The molecule has 1 heteroatoms. The van der Waals surface area contributed by atoms with Gasteiger partial charge in [0.2, 0.25) is 0 Å². The van der Waals surface area contributed by atoms with Gasteiger partial charge < -0.3 is 5.11 Å². The van der Waals surface area contributed by atoms with E-state index in [9.17, 15) is 5.11 Å². The van der Waals surface area contributed by atoms with E-state index in [2.05, 4.69) is 20.8 Å². The largest absolute Gasteiger partial charge is 0.393 e. The van der Waals surface area contributed by atoms with Gasteiger partial charge in [0.15, 0.2) is 0 Å². The van der Waals surface area contributed by atoms with Crippen molar-refractivity contribution < 1.29 is 5.11 Å². The van der Waals surface area contributed by atoms with Gasteiger partial charge in [0.1, 0.15) is 0 Å². The molecule has 1 N–H and O–H groups in total. The Labute approximate surface area is 95.3 Å². The zero-order valence-corrected chi connectivity index (χ0v) is 10.8. The van der Waals surface area contributed by atoms with Crippen LogP contribution in [0.3, 0.4) is 0 Å². The summed E-state index contributed by atoms with van der Waals surface area (Å²) < 4.78 is 0. The lowest BCUT2D eigenvalue weighted by molar-refractivity contribution is 0.129. The number of aliphatic hydroxyl groups is 1. The molecular formula is C14H28O. The van der Waals surface area contributed by atoms with E-state index in [1.54, 1.807) is 0 Å². The van der Waals surface area contributed by atoms with E-state index < -0.39 is 0 Å². The van der Waals surface area contributed by atoms with E-state index in [0.29, 0.717) is 5.41 Å². The molecule has 0 saturated heterocycles. The standard InChI is InChI=1S/C14H28O/c1-14(2,3)11-10-13(15)9-8-12-6-4-5-7-12/h12-13,15H,4-11H2,1-3H3. The van der Waals surface area contributed by atoms with Crippen LogP contribution in [0.4, 0.5) is 0 Å². The van der Waals surface area contributed by atoms with Crippen molar-refractivity contribution in [2.75, 3.05) is 0 Å². The summed E-state index contributed by atoms with van der Waals surface area (Å²) in [5, 5.41) is 9.87. The maximum Gasteiger partial charge on any atom is 0.0540 e. The lowest BCUT2D eigenvalue weighted by Crippen LogP contribution is -2.13. The highest BCUT2D eigenvalue weighted by molar-refractivity contribution is 4.70. The molecule has 1 rings (SSSR count). The fourth-order valence-electron chi connectivity index (χ4n) is 2.47. The van der Waals surface area contributed by atoms with Crippen LogP contribution in [0.25, 0.3) is 0 Å². The second kappa shape index (κ2) is 5.89. The van der Waals surface area contributed by atoms with Crippen molar-refractivity contribution in [3.05, 3.63) is 0 Å². The van der Waals surface area contributed by atoms with Gasteiger partial charge in [-0.1, -0.05) is 46.5 Å². The molecule has 1 saturated carbocycles. The van der Waals surface area contributed by atoms with Gasteiger partial charge in [-0.05, 0) is 37.0 Å². The first kappa shape index (κ1) is 13.0. The minimum Gasteiger partial charge on any atom is -0.393 e. The van der Waals surface area contributed by atoms with Crippen LogP contribution in [-0.4, -0.2) is 11.2 Å². The molecule has 0 aromatic rings. The van der Waals surface area contributed by atoms with Crippen LogP contribution in [0, 0.1) is 11.3 Å². The van der Waals surface area contributed by atoms with Crippen molar-refractivity contribution in [1.82, 2.24) is 0 Å². The molecular weight excluding hydrogens is 184 g/mol. The molecule has 90 valence electrons. The molecule has 0 aliphatic heterocycles. The molecule has 1 aliphatic carbocycles. The van der Waals surface area contributed by atoms with E-state index in [1.807, 2.05) is 0 Å². The van der Waals surface area contributed by atoms with E-state index in [0.717, 1.165) is 25.2 Å². The maximum absolute atomic E-state index is 9.87. The minimum absolute atomic E-state index is 0.0511. The third-order valence-electron chi connectivity index (χ3n) is 3.61. The summed E-state index contributed by atoms with van der Waals surface area (Å²) in [6.07, 6.45) is 10.0. The fourth-order valence-corrected chi connectivity index (χ4v) is 2.47. The van der Waals surface area contributed by atoms with Gasteiger partial charge >= 0.3 is 0 Å². The quantitative estimate of drug-likeness (QED) is 0.726. The van der Waals surface area contributed by atoms with Gasteiger partial charge in [0.05, 0.1) is 6.10 Å². The van der Waals surface area contributed by atoms with Crippen LogP contribution in [0.1, 0.15) is 72.1 Å². The summed E-state index contributed by atoms with van der Waals surface area (Å²) in [7, 11) is 0. The molecule has 1 aliphatic rings. The molecule has 0 heterocycles. The summed E-state index contributed by atoms with van der Waals surface area (Å²) in [6.45, 7) is 6.74. The third kappa shape index (κ3) is 6.19. The minimum atomic E-state index is -0.0511.